The van der Waals surface area contributed by atoms with Crippen LogP contribution in [0.15, 0.2) is 18.2 Å². The molecule has 24 heavy (non-hydrogen) atoms. The van der Waals surface area contributed by atoms with Gasteiger partial charge in [0, 0.05) is 18.5 Å². The van der Waals surface area contributed by atoms with Crippen molar-refractivity contribution in [2.75, 3.05) is 19.7 Å². The Kier molecular flexibility index (Phi) is 3.45. The minimum atomic E-state index is -0.681. The first-order valence-electron chi connectivity index (χ1n) is 8.57. The molecule has 126 valence electrons. The summed E-state index contributed by atoms with van der Waals surface area (Å²) in [6, 6.07) is 8.29. The van der Waals surface area contributed by atoms with Crippen LogP contribution in [0.1, 0.15) is 43.4 Å². The fourth-order valence-electron chi connectivity index (χ4n) is 4.45. The number of likely N-dealkylation sites (tertiary alicyclic amines) is 1. The molecule has 5 nitrogen and oxygen atoms in total. The molecule has 0 radical (unpaired) electrons. The molecule has 0 N–H and O–H groups in total. The van der Waals surface area contributed by atoms with Gasteiger partial charge in [-0.25, -0.2) is 0 Å². The van der Waals surface area contributed by atoms with Gasteiger partial charge in [0.2, 0.25) is 0 Å². The molecule has 1 unspecified atom stereocenters. The summed E-state index contributed by atoms with van der Waals surface area (Å²) >= 11 is 0. The number of ether oxygens (including phenoxy) is 2. The van der Waals surface area contributed by atoms with Gasteiger partial charge in [-0.2, -0.15) is 5.26 Å². The van der Waals surface area contributed by atoms with Gasteiger partial charge in [0.25, 0.3) is 5.91 Å². The zero-order chi connectivity index (χ0) is 16.9. The van der Waals surface area contributed by atoms with Crippen molar-refractivity contribution < 1.29 is 14.3 Å². The van der Waals surface area contributed by atoms with Crippen LogP contribution in [0.2, 0.25) is 0 Å². The first kappa shape index (κ1) is 15.6. The largest absolute Gasteiger partial charge is 0.347 e. The third kappa shape index (κ3) is 2.33. The molecule has 4 rings (SSSR count). The summed E-state index contributed by atoms with van der Waals surface area (Å²) in [7, 11) is 0. The molecule has 2 saturated heterocycles. The Morgan fingerprint density at radius 2 is 2.21 bits per heavy atom. The van der Waals surface area contributed by atoms with Crippen molar-refractivity contribution >= 4 is 5.91 Å². The summed E-state index contributed by atoms with van der Waals surface area (Å²) in [4.78, 5) is 14.7. The molecular weight excluding hydrogens is 304 g/mol. The zero-order valence-corrected chi connectivity index (χ0v) is 14.2. The Balaban J connectivity index is 1.54. The minimum Gasteiger partial charge on any atom is -0.347 e. The van der Waals surface area contributed by atoms with Gasteiger partial charge in [-0.3, -0.25) is 4.79 Å². The highest BCUT2D eigenvalue weighted by atomic mass is 16.7. The molecule has 1 aromatic carbocycles. The molecule has 2 atom stereocenters. The SMILES string of the molecule is CC1(C)OC[C@H](C(=O)N2CCC3(CCc4c(C#N)cccc43)C2)O1. The van der Waals surface area contributed by atoms with E-state index in [9.17, 15) is 10.1 Å². The Hall–Kier alpha value is -1.90. The molecule has 0 aromatic heterocycles. The average Bonchev–Trinajstić information content (AvgIpc) is 3.26. The molecule has 1 aromatic rings. The van der Waals surface area contributed by atoms with Crippen molar-refractivity contribution in [2.45, 2.75) is 50.4 Å². The number of carbonyl (C=O) groups excluding carboxylic acids is 1. The van der Waals surface area contributed by atoms with E-state index >= 15 is 0 Å². The number of nitrogens with zero attached hydrogens (tertiary/aromatic N) is 2. The highest BCUT2D eigenvalue weighted by Gasteiger charge is 2.48. The van der Waals surface area contributed by atoms with Gasteiger partial charge in [0.1, 0.15) is 0 Å². The summed E-state index contributed by atoms with van der Waals surface area (Å²) < 4.78 is 11.3. The summed E-state index contributed by atoms with van der Waals surface area (Å²) in [5.74, 6) is -0.651. The fourth-order valence-corrected chi connectivity index (χ4v) is 4.45. The van der Waals surface area contributed by atoms with E-state index in [1.165, 1.54) is 11.1 Å². The Labute approximate surface area is 142 Å². The van der Waals surface area contributed by atoms with Crippen LogP contribution in [0.3, 0.4) is 0 Å². The normalized spacial score (nSPS) is 30.5. The van der Waals surface area contributed by atoms with Crippen molar-refractivity contribution in [1.29, 1.82) is 5.26 Å². The minimum absolute atomic E-state index is 0.00678. The maximum atomic E-state index is 12.8. The van der Waals surface area contributed by atoms with E-state index in [1.54, 1.807) is 0 Å². The maximum Gasteiger partial charge on any atom is 0.254 e. The van der Waals surface area contributed by atoms with Crippen molar-refractivity contribution in [3.8, 4) is 6.07 Å². The molecular formula is C19H22N2O3. The average molecular weight is 326 g/mol. The van der Waals surface area contributed by atoms with Crippen LogP contribution in [0.5, 0.6) is 0 Å². The van der Waals surface area contributed by atoms with Gasteiger partial charge in [0.05, 0.1) is 18.2 Å². The molecule has 1 amide bonds. The number of carbonyl (C=O) groups is 1. The topological polar surface area (TPSA) is 62.6 Å². The second-order valence-electron chi connectivity index (χ2n) is 7.55. The highest BCUT2D eigenvalue weighted by molar-refractivity contribution is 5.82. The number of nitriles is 1. The second-order valence-corrected chi connectivity index (χ2v) is 7.55. The predicted molar refractivity (Wildman–Crippen MR) is 87.3 cm³/mol. The van der Waals surface area contributed by atoms with Gasteiger partial charge >= 0.3 is 0 Å². The lowest BCUT2D eigenvalue weighted by molar-refractivity contribution is -0.159. The Morgan fingerprint density at radius 1 is 1.38 bits per heavy atom. The summed E-state index contributed by atoms with van der Waals surface area (Å²) in [5.41, 5.74) is 3.23. The summed E-state index contributed by atoms with van der Waals surface area (Å²) in [6.07, 6.45) is 2.40. The third-order valence-electron chi connectivity index (χ3n) is 5.67. The Morgan fingerprint density at radius 3 is 2.92 bits per heavy atom. The lowest BCUT2D eigenvalue weighted by atomic mass is 9.81. The van der Waals surface area contributed by atoms with E-state index in [0.29, 0.717) is 13.2 Å². The lowest BCUT2D eigenvalue weighted by Crippen LogP contribution is -2.41. The standard InChI is InChI=1S/C19H22N2O3/c1-18(2)23-11-16(24-18)17(22)21-9-8-19(12-21)7-6-14-13(10-20)4-3-5-15(14)19/h3-5,16H,6-9,11-12H2,1-2H3/t16-,19?/m1/s1. The van der Waals surface area contributed by atoms with Gasteiger partial charge in [-0.1, -0.05) is 12.1 Å². The molecule has 5 heteroatoms. The van der Waals surface area contributed by atoms with Crippen LogP contribution >= 0.6 is 0 Å². The molecule has 0 bridgehead atoms. The number of fused-ring (bicyclic) bond motifs is 2. The number of amides is 1. The monoisotopic (exact) mass is 326 g/mol. The second kappa shape index (κ2) is 5.30. The molecule has 3 aliphatic rings. The molecule has 2 heterocycles. The van der Waals surface area contributed by atoms with Crippen LogP contribution in [0.4, 0.5) is 0 Å². The number of rotatable bonds is 1. The quantitative estimate of drug-likeness (QED) is 0.793. The lowest BCUT2D eigenvalue weighted by Gasteiger charge is -2.26. The van der Waals surface area contributed by atoms with Gasteiger partial charge < -0.3 is 14.4 Å². The summed E-state index contributed by atoms with van der Waals surface area (Å²) in [5, 5.41) is 9.32. The third-order valence-corrected chi connectivity index (χ3v) is 5.67. The van der Waals surface area contributed by atoms with Crippen LogP contribution in [0, 0.1) is 11.3 Å². The molecule has 2 aliphatic heterocycles. The van der Waals surface area contributed by atoms with Crippen molar-refractivity contribution in [1.82, 2.24) is 4.90 Å². The van der Waals surface area contributed by atoms with Crippen LogP contribution in [0.25, 0.3) is 0 Å². The Bertz CT molecular complexity index is 737. The van der Waals surface area contributed by atoms with Crippen molar-refractivity contribution in [3.05, 3.63) is 34.9 Å². The van der Waals surface area contributed by atoms with Crippen molar-refractivity contribution in [2.24, 2.45) is 0 Å². The summed E-state index contributed by atoms with van der Waals surface area (Å²) in [6.45, 7) is 5.46. The molecule has 1 aliphatic carbocycles. The van der Waals surface area contributed by atoms with Crippen LogP contribution < -0.4 is 0 Å². The fraction of sp³-hybridized carbons (Fsp3) is 0.579. The number of hydrogen-bond acceptors (Lipinski definition) is 4. The van der Waals surface area contributed by atoms with Gasteiger partial charge in [-0.15, -0.1) is 0 Å². The smallest absolute Gasteiger partial charge is 0.254 e. The number of hydrogen-bond donors (Lipinski definition) is 0. The molecule has 2 fully saturated rings. The number of benzene rings is 1. The first-order chi connectivity index (χ1) is 11.4. The van der Waals surface area contributed by atoms with E-state index in [-0.39, 0.29) is 11.3 Å². The van der Waals surface area contributed by atoms with Crippen LogP contribution in [-0.4, -0.2) is 42.4 Å². The van der Waals surface area contributed by atoms with E-state index in [4.69, 9.17) is 9.47 Å². The molecule has 1 spiro atoms. The maximum absolute atomic E-state index is 12.8. The van der Waals surface area contributed by atoms with E-state index in [1.807, 2.05) is 30.9 Å². The highest BCUT2D eigenvalue weighted by Crippen LogP contribution is 2.46. The van der Waals surface area contributed by atoms with E-state index in [0.717, 1.165) is 31.4 Å². The van der Waals surface area contributed by atoms with Gasteiger partial charge in [0.15, 0.2) is 11.9 Å². The first-order valence-corrected chi connectivity index (χ1v) is 8.57. The van der Waals surface area contributed by atoms with Crippen LogP contribution in [-0.2, 0) is 26.1 Å². The predicted octanol–water partition coefficient (Wildman–Crippen LogP) is 2.13. The van der Waals surface area contributed by atoms with Gasteiger partial charge in [-0.05, 0) is 50.3 Å². The molecule has 0 saturated carbocycles. The zero-order valence-electron chi connectivity index (χ0n) is 14.2. The van der Waals surface area contributed by atoms with E-state index in [2.05, 4.69) is 12.1 Å². The van der Waals surface area contributed by atoms with Crippen molar-refractivity contribution in [3.63, 3.8) is 0 Å². The van der Waals surface area contributed by atoms with E-state index < -0.39 is 11.9 Å².